The first-order chi connectivity index (χ1) is 13.0. The highest BCUT2D eigenvalue weighted by Crippen LogP contribution is 2.35. The molecule has 4 rings (SSSR count). The van der Waals surface area contributed by atoms with E-state index >= 15 is 0 Å². The van der Waals surface area contributed by atoms with Crippen LogP contribution >= 0.6 is 22.9 Å². The molecule has 0 spiro atoms. The predicted molar refractivity (Wildman–Crippen MR) is 109 cm³/mol. The van der Waals surface area contributed by atoms with E-state index in [0.29, 0.717) is 28.7 Å². The zero-order valence-electron chi connectivity index (χ0n) is 14.3. The van der Waals surface area contributed by atoms with Crippen LogP contribution < -0.4 is 5.32 Å². The lowest BCUT2D eigenvalue weighted by Crippen LogP contribution is -2.27. The number of anilines is 1. The molecule has 27 heavy (non-hydrogen) atoms. The lowest BCUT2D eigenvalue weighted by atomic mass is 10.2. The van der Waals surface area contributed by atoms with Crippen molar-refractivity contribution in [1.29, 1.82) is 0 Å². The Labute approximate surface area is 166 Å². The van der Waals surface area contributed by atoms with Gasteiger partial charge in [0, 0.05) is 28.9 Å². The Morgan fingerprint density at radius 1 is 1.04 bits per heavy atom. The SMILES string of the molecule is O=C(Nc1ccc(S(=O)(=O)N2CCCC2)cc1)c1sc2ccccc2c1Cl. The number of halogens is 1. The standard InChI is InChI=1S/C19H17ClN2O3S2/c20-17-15-5-1-2-6-16(15)26-18(17)19(23)21-13-7-9-14(10-8-13)27(24,25)22-11-3-4-12-22/h1-2,5-10H,3-4,11-12H2,(H,21,23). The number of thiophene rings is 1. The fraction of sp³-hybridized carbons (Fsp3) is 0.211. The van der Waals surface area contributed by atoms with Gasteiger partial charge in [-0.1, -0.05) is 29.8 Å². The molecule has 2 aromatic carbocycles. The number of nitrogens with one attached hydrogen (secondary N) is 1. The molecule has 1 aliphatic rings. The Kier molecular flexibility index (Phi) is 4.94. The summed E-state index contributed by atoms with van der Waals surface area (Å²) in [5, 5.41) is 4.07. The fourth-order valence-corrected chi connectivity index (χ4v) is 6.07. The number of carbonyl (C=O) groups excluding carboxylic acids is 1. The molecule has 0 saturated carbocycles. The average Bonchev–Trinajstić information content (AvgIpc) is 3.32. The van der Waals surface area contributed by atoms with Crippen LogP contribution in [0.2, 0.25) is 5.02 Å². The van der Waals surface area contributed by atoms with Gasteiger partial charge in [-0.3, -0.25) is 4.79 Å². The molecule has 0 radical (unpaired) electrons. The number of rotatable bonds is 4. The number of fused-ring (bicyclic) bond motifs is 1. The van der Waals surface area contributed by atoms with Crippen molar-refractivity contribution in [3.8, 4) is 0 Å². The Morgan fingerprint density at radius 3 is 2.37 bits per heavy atom. The summed E-state index contributed by atoms with van der Waals surface area (Å²) in [5.74, 6) is -0.309. The highest BCUT2D eigenvalue weighted by molar-refractivity contribution is 7.89. The summed E-state index contributed by atoms with van der Waals surface area (Å²) in [6.07, 6.45) is 1.78. The Morgan fingerprint density at radius 2 is 1.70 bits per heavy atom. The molecule has 0 bridgehead atoms. The molecule has 0 atom stereocenters. The topological polar surface area (TPSA) is 66.5 Å². The van der Waals surface area contributed by atoms with Gasteiger partial charge in [-0.05, 0) is 43.2 Å². The number of sulfonamides is 1. The van der Waals surface area contributed by atoms with Gasteiger partial charge >= 0.3 is 0 Å². The minimum Gasteiger partial charge on any atom is -0.321 e. The molecule has 1 saturated heterocycles. The summed E-state index contributed by atoms with van der Waals surface area (Å²) >= 11 is 7.67. The fourth-order valence-electron chi connectivity index (χ4n) is 3.14. The molecule has 8 heteroatoms. The summed E-state index contributed by atoms with van der Waals surface area (Å²) in [7, 11) is -3.46. The van der Waals surface area contributed by atoms with Crippen molar-refractivity contribution in [3.05, 3.63) is 58.4 Å². The Hall–Kier alpha value is -1.93. The Bertz CT molecular complexity index is 1100. The number of amides is 1. The van der Waals surface area contributed by atoms with Crippen LogP contribution in [0.3, 0.4) is 0 Å². The van der Waals surface area contributed by atoms with Crippen molar-refractivity contribution in [2.75, 3.05) is 18.4 Å². The van der Waals surface area contributed by atoms with Gasteiger partial charge in [-0.2, -0.15) is 4.31 Å². The largest absolute Gasteiger partial charge is 0.321 e. The van der Waals surface area contributed by atoms with Gasteiger partial charge in [0.15, 0.2) is 0 Å². The second kappa shape index (κ2) is 7.24. The van der Waals surface area contributed by atoms with E-state index in [1.165, 1.54) is 27.8 Å². The molecular weight excluding hydrogens is 404 g/mol. The molecule has 1 N–H and O–H groups in total. The van der Waals surface area contributed by atoms with Gasteiger partial charge in [-0.15, -0.1) is 11.3 Å². The van der Waals surface area contributed by atoms with Crippen molar-refractivity contribution < 1.29 is 13.2 Å². The molecule has 1 amide bonds. The Balaban J connectivity index is 1.54. The first-order valence-electron chi connectivity index (χ1n) is 8.55. The van der Waals surface area contributed by atoms with Crippen LogP contribution in [0.5, 0.6) is 0 Å². The third-order valence-electron chi connectivity index (χ3n) is 4.56. The van der Waals surface area contributed by atoms with Gasteiger partial charge in [0.05, 0.1) is 9.92 Å². The van der Waals surface area contributed by atoms with E-state index in [0.717, 1.165) is 22.9 Å². The summed E-state index contributed by atoms with van der Waals surface area (Å²) in [6, 6.07) is 13.8. The van der Waals surface area contributed by atoms with E-state index in [9.17, 15) is 13.2 Å². The van der Waals surface area contributed by atoms with Gasteiger partial charge in [0.1, 0.15) is 4.88 Å². The van der Waals surface area contributed by atoms with Crippen molar-refractivity contribution in [2.45, 2.75) is 17.7 Å². The van der Waals surface area contributed by atoms with E-state index in [2.05, 4.69) is 5.32 Å². The number of hydrogen-bond donors (Lipinski definition) is 1. The molecule has 1 aromatic heterocycles. The molecular formula is C19H17ClN2O3S2. The van der Waals surface area contributed by atoms with Crippen molar-refractivity contribution in [2.24, 2.45) is 0 Å². The second-order valence-corrected chi connectivity index (χ2v) is 9.70. The lowest BCUT2D eigenvalue weighted by molar-refractivity contribution is 0.103. The monoisotopic (exact) mass is 420 g/mol. The van der Waals surface area contributed by atoms with E-state index in [4.69, 9.17) is 11.6 Å². The summed E-state index contributed by atoms with van der Waals surface area (Å²) in [6.45, 7) is 1.12. The third-order valence-corrected chi connectivity index (χ3v) is 8.14. The summed E-state index contributed by atoms with van der Waals surface area (Å²) in [4.78, 5) is 13.3. The molecule has 5 nitrogen and oxygen atoms in total. The van der Waals surface area contributed by atoms with E-state index in [-0.39, 0.29) is 10.8 Å². The minimum atomic E-state index is -3.46. The van der Waals surface area contributed by atoms with Crippen LogP contribution in [0, 0.1) is 0 Å². The number of benzene rings is 2. The van der Waals surface area contributed by atoms with Crippen LogP contribution in [0.15, 0.2) is 53.4 Å². The van der Waals surface area contributed by atoms with Crippen LogP contribution in [-0.4, -0.2) is 31.7 Å². The highest BCUT2D eigenvalue weighted by Gasteiger charge is 2.27. The number of nitrogens with zero attached hydrogens (tertiary/aromatic N) is 1. The maximum absolute atomic E-state index is 12.6. The van der Waals surface area contributed by atoms with E-state index in [1.54, 1.807) is 12.1 Å². The third kappa shape index (κ3) is 3.48. The number of hydrogen-bond acceptors (Lipinski definition) is 4. The maximum atomic E-state index is 12.6. The van der Waals surface area contributed by atoms with Crippen LogP contribution in [0.4, 0.5) is 5.69 Å². The molecule has 0 aliphatic carbocycles. The maximum Gasteiger partial charge on any atom is 0.267 e. The molecule has 3 aromatic rings. The van der Waals surface area contributed by atoms with Crippen LogP contribution in [-0.2, 0) is 10.0 Å². The van der Waals surface area contributed by atoms with Crippen LogP contribution in [0.25, 0.3) is 10.1 Å². The van der Waals surface area contributed by atoms with Gasteiger partial charge in [0.2, 0.25) is 10.0 Å². The first kappa shape index (κ1) is 18.4. The molecule has 1 aliphatic heterocycles. The normalized spacial score (nSPS) is 15.3. The quantitative estimate of drug-likeness (QED) is 0.671. The van der Waals surface area contributed by atoms with E-state index < -0.39 is 10.0 Å². The van der Waals surface area contributed by atoms with Gasteiger partial charge < -0.3 is 5.32 Å². The zero-order chi connectivity index (χ0) is 19.0. The highest BCUT2D eigenvalue weighted by atomic mass is 35.5. The van der Waals surface area contributed by atoms with Crippen molar-refractivity contribution >= 4 is 54.6 Å². The molecule has 0 unspecified atom stereocenters. The predicted octanol–water partition coefficient (Wildman–Crippen LogP) is 4.59. The van der Waals surface area contributed by atoms with E-state index in [1.807, 2.05) is 24.3 Å². The molecule has 140 valence electrons. The molecule has 1 fully saturated rings. The minimum absolute atomic E-state index is 0.238. The smallest absolute Gasteiger partial charge is 0.267 e. The van der Waals surface area contributed by atoms with Gasteiger partial charge in [-0.25, -0.2) is 8.42 Å². The summed E-state index contributed by atoms with van der Waals surface area (Å²) in [5.41, 5.74) is 0.522. The van der Waals surface area contributed by atoms with Crippen molar-refractivity contribution in [1.82, 2.24) is 4.31 Å². The summed E-state index contributed by atoms with van der Waals surface area (Å²) < 4.78 is 27.6. The van der Waals surface area contributed by atoms with Crippen LogP contribution in [0.1, 0.15) is 22.5 Å². The zero-order valence-corrected chi connectivity index (χ0v) is 16.7. The molecule has 2 heterocycles. The van der Waals surface area contributed by atoms with Gasteiger partial charge in [0.25, 0.3) is 5.91 Å². The first-order valence-corrected chi connectivity index (χ1v) is 11.2. The number of carbonyl (C=O) groups is 1. The average molecular weight is 421 g/mol. The lowest BCUT2D eigenvalue weighted by Gasteiger charge is -2.15. The second-order valence-electron chi connectivity index (χ2n) is 6.33. The van der Waals surface area contributed by atoms with Crippen molar-refractivity contribution in [3.63, 3.8) is 0 Å².